The average Bonchev–Trinajstić information content (AvgIpc) is 2.92. The van der Waals surface area contributed by atoms with Gasteiger partial charge in [-0.1, -0.05) is 59.6 Å². The Hall–Kier alpha value is -3.27. The lowest BCUT2D eigenvalue weighted by Crippen LogP contribution is -2.54. The molecule has 11 heteroatoms. The smallest absolute Gasteiger partial charge is 0.264 e. The minimum absolute atomic E-state index is 0.00802. The molecule has 1 N–H and O–H groups in total. The summed E-state index contributed by atoms with van der Waals surface area (Å²) in [5.74, 6) is -0.687. The van der Waals surface area contributed by atoms with Crippen LogP contribution in [0, 0.1) is 0 Å². The molecule has 0 saturated heterocycles. The number of halogens is 2. The monoisotopic (exact) mass is 619 g/mol. The van der Waals surface area contributed by atoms with Gasteiger partial charge in [0.05, 0.1) is 27.2 Å². The van der Waals surface area contributed by atoms with E-state index in [4.69, 9.17) is 27.9 Å². The number of amides is 2. The number of sulfonamides is 1. The number of rotatable bonds is 11. The molecule has 0 spiro atoms. The first-order chi connectivity index (χ1) is 19.2. The highest BCUT2D eigenvalue weighted by molar-refractivity contribution is 7.92. The predicted octanol–water partition coefficient (Wildman–Crippen LogP) is 5.92. The van der Waals surface area contributed by atoms with Crippen molar-refractivity contribution in [2.45, 2.75) is 57.6 Å². The van der Waals surface area contributed by atoms with Crippen molar-refractivity contribution in [2.75, 3.05) is 17.5 Å². The second-order valence-electron chi connectivity index (χ2n) is 10.4. The van der Waals surface area contributed by atoms with E-state index in [0.29, 0.717) is 21.4 Å². The van der Waals surface area contributed by atoms with Crippen molar-refractivity contribution in [1.29, 1.82) is 0 Å². The standard InChI is InChI=1S/C30H35Cl2N3O5S/c1-6-40-27-15-11-10-14-26(27)35(41(38,39)23-12-8-7-9-13-23)20-28(36)34(21(2)29(37)33-30(3,4)5)19-22-16-17-24(31)25(32)18-22/h7-18,21H,6,19-20H2,1-5H3,(H,33,37). The molecule has 3 rings (SSSR count). The van der Waals surface area contributed by atoms with Gasteiger partial charge in [-0.2, -0.15) is 0 Å². The summed E-state index contributed by atoms with van der Waals surface area (Å²) < 4.78 is 34.7. The SMILES string of the molecule is CCOc1ccccc1N(CC(=O)N(Cc1ccc(Cl)c(Cl)c1)C(C)C(=O)NC(C)(C)C)S(=O)(=O)c1ccccc1. The molecule has 0 radical (unpaired) electrons. The first-order valence-electron chi connectivity index (χ1n) is 13.1. The molecule has 3 aromatic rings. The van der Waals surface area contributed by atoms with Crippen molar-refractivity contribution in [2.24, 2.45) is 0 Å². The van der Waals surface area contributed by atoms with Crippen LogP contribution in [0.4, 0.5) is 5.69 Å². The van der Waals surface area contributed by atoms with Crippen LogP contribution in [0.1, 0.15) is 40.2 Å². The average molecular weight is 621 g/mol. The maximum atomic E-state index is 14.1. The maximum Gasteiger partial charge on any atom is 0.264 e. The lowest BCUT2D eigenvalue weighted by molar-refractivity contribution is -0.140. The fourth-order valence-corrected chi connectivity index (χ4v) is 5.83. The molecule has 0 heterocycles. The van der Waals surface area contributed by atoms with Crippen molar-refractivity contribution in [1.82, 2.24) is 10.2 Å². The van der Waals surface area contributed by atoms with E-state index >= 15 is 0 Å². The highest BCUT2D eigenvalue weighted by atomic mass is 35.5. The first kappa shape index (κ1) is 32.2. The van der Waals surface area contributed by atoms with Crippen molar-refractivity contribution < 1.29 is 22.7 Å². The molecule has 3 aromatic carbocycles. The van der Waals surface area contributed by atoms with E-state index in [1.807, 2.05) is 20.8 Å². The second-order valence-corrected chi connectivity index (χ2v) is 13.1. The molecule has 0 saturated carbocycles. The Morgan fingerprint density at radius 3 is 2.20 bits per heavy atom. The highest BCUT2D eigenvalue weighted by Gasteiger charge is 2.34. The topological polar surface area (TPSA) is 96.0 Å². The summed E-state index contributed by atoms with van der Waals surface area (Å²) in [6, 6.07) is 18.4. The van der Waals surface area contributed by atoms with Gasteiger partial charge < -0.3 is 15.0 Å². The van der Waals surface area contributed by atoms with Crippen LogP contribution >= 0.6 is 23.2 Å². The third kappa shape index (κ3) is 8.38. The van der Waals surface area contributed by atoms with E-state index < -0.39 is 40.0 Å². The number of para-hydroxylation sites is 2. The minimum Gasteiger partial charge on any atom is -0.492 e. The molecule has 0 bridgehead atoms. The number of nitrogens with one attached hydrogen (secondary N) is 1. The van der Waals surface area contributed by atoms with Gasteiger partial charge in [0.2, 0.25) is 11.8 Å². The predicted molar refractivity (Wildman–Crippen MR) is 163 cm³/mol. The van der Waals surface area contributed by atoms with Crippen molar-refractivity contribution in [3.8, 4) is 5.75 Å². The van der Waals surface area contributed by atoms with Crippen LogP contribution in [-0.2, 0) is 26.2 Å². The van der Waals surface area contributed by atoms with Gasteiger partial charge in [0.15, 0.2) is 0 Å². The van der Waals surface area contributed by atoms with Crippen molar-refractivity contribution in [3.63, 3.8) is 0 Å². The van der Waals surface area contributed by atoms with Gasteiger partial charge in [-0.3, -0.25) is 13.9 Å². The zero-order valence-corrected chi connectivity index (χ0v) is 26.1. The largest absolute Gasteiger partial charge is 0.492 e. The summed E-state index contributed by atoms with van der Waals surface area (Å²) in [5, 5.41) is 3.54. The lowest BCUT2D eigenvalue weighted by Gasteiger charge is -2.33. The molecule has 2 amide bonds. The molecule has 0 aliphatic carbocycles. The van der Waals surface area contributed by atoms with Gasteiger partial charge in [0.25, 0.3) is 10.0 Å². The van der Waals surface area contributed by atoms with Crippen molar-refractivity contribution in [3.05, 3.63) is 88.4 Å². The number of anilines is 1. The zero-order valence-electron chi connectivity index (χ0n) is 23.7. The first-order valence-corrected chi connectivity index (χ1v) is 15.3. The fraction of sp³-hybridized carbons (Fsp3) is 0.333. The van der Waals surface area contributed by atoms with E-state index in [0.717, 1.165) is 4.31 Å². The quantitative estimate of drug-likeness (QED) is 0.287. The summed E-state index contributed by atoms with van der Waals surface area (Å²) in [6.45, 7) is 8.58. The summed E-state index contributed by atoms with van der Waals surface area (Å²) >= 11 is 12.3. The summed E-state index contributed by atoms with van der Waals surface area (Å²) in [7, 11) is -4.22. The van der Waals surface area contributed by atoms with E-state index in [1.165, 1.54) is 17.0 Å². The van der Waals surface area contributed by atoms with Gasteiger partial charge in [0.1, 0.15) is 18.3 Å². The third-order valence-electron chi connectivity index (χ3n) is 6.05. The molecule has 220 valence electrons. The van der Waals surface area contributed by atoms with Gasteiger partial charge in [0, 0.05) is 12.1 Å². The number of benzene rings is 3. The molecule has 1 unspecified atom stereocenters. The molecule has 0 fully saturated rings. The van der Waals surface area contributed by atoms with Crippen LogP contribution in [0.5, 0.6) is 5.75 Å². The zero-order chi connectivity index (χ0) is 30.4. The van der Waals surface area contributed by atoms with Crippen LogP contribution in [-0.4, -0.2) is 49.9 Å². The Labute approximate surface area is 252 Å². The molecule has 8 nitrogen and oxygen atoms in total. The Morgan fingerprint density at radius 2 is 1.59 bits per heavy atom. The Bertz CT molecular complexity index is 1480. The van der Waals surface area contributed by atoms with Crippen molar-refractivity contribution >= 4 is 50.7 Å². The van der Waals surface area contributed by atoms with E-state index in [-0.39, 0.29) is 23.7 Å². The Kier molecular flexibility index (Phi) is 10.7. The number of hydrogen-bond donors (Lipinski definition) is 1. The normalized spacial score (nSPS) is 12.4. The minimum atomic E-state index is -4.22. The fourth-order valence-electron chi connectivity index (χ4n) is 4.07. The highest BCUT2D eigenvalue weighted by Crippen LogP contribution is 2.33. The molecule has 41 heavy (non-hydrogen) atoms. The number of ether oxygens (including phenoxy) is 1. The molecule has 0 aromatic heterocycles. The molecular weight excluding hydrogens is 585 g/mol. The summed E-state index contributed by atoms with van der Waals surface area (Å²) in [4.78, 5) is 28.6. The Balaban J connectivity index is 2.09. The number of carbonyl (C=O) groups excluding carboxylic acids is 2. The second kappa shape index (κ2) is 13.6. The number of nitrogens with zero attached hydrogens (tertiary/aromatic N) is 2. The third-order valence-corrected chi connectivity index (χ3v) is 8.56. The van der Waals surface area contributed by atoms with Gasteiger partial charge >= 0.3 is 0 Å². The molecule has 0 aliphatic rings. The van der Waals surface area contributed by atoms with E-state index in [2.05, 4.69) is 5.32 Å². The van der Waals surface area contributed by atoms with E-state index in [9.17, 15) is 18.0 Å². The van der Waals surface area contributed by atoms with Crippen LogP contribution in [0.15, 0.2) is 77.7 Å². The molecule has 1 atom stereocenters. The van der Waals surface area contributed by atoms with Crippen LogP contribution in [0.2, 0.25) is 10.0 Å². The van der Waals surface area contributed by atoms with Gasteiger partial charge in [-0.15, -0.1) is 0 Å². The Morgan fingerprint density at radius 1 is 0.951 bits per heavy atom. The van der Waals surface area contributed by atoms with Crippen LogP contribution in [0.3, 0.4) is 0 Å². The number of carbonyl (C=O) groups is 2. The molecule has 0 aliphatic heterocycles. The number of hydrogen-bond acceptors (Lipinski definition) is 5. The molecular formula is C30H35Cl2N3O5S. The van der Waals surface area contributed by atoms with E-state index in [1.54, 1.807) is 74.5 Å². The van der Waals surface area contributed by atoms with Gasteiger partial charge in [-0.05, 0) is 76.6 Å². The van der Waals surface area contributed by atoms with Crippen LogP contribution < -0.4 is 14.4 Å². The van der Waals surface area contributed by atoms with Crippen LogP contribution in [0.25, 0.3) is 0 Å². The van der Waals surface area contributed by atoms with Gasteiger partial charge in [-0.25, -0.2) is 8.42 Å². The maximum absolute atomic E-state index is 14.1. The lowest BCUT2D eigenvalue weighted by atomic mass is 10.1. The summed E-state index contributed by atoms with van der Waals surface area (Å²) in [5.41, 5.74) is 0.270. The summed E-state index contributed by atoms with van der Waals surface area (Å²) in [6.07, 6.45) is 0.